The lowest BCUT2D eigenvalue weighted by Gasteiger charge is -2.14. The molecule has 0 amide bonds. The lowest BCUT2D eigenvalue weighted by atomic mass is 10.2. The zero-order valence-corrected chi connectivity index (χ0v) is 15.8. The summed E-state index contributed by atoms with van der Waals surface area (Å²) in [6.07, 6.45) is 1.02. The summed E-state index contributed by atoms with van der Waals surface area (Å²) in [6.45, 7) is 8.87. The molecule has 120 valence electrons. The van der Waals surface area contributed by atoms with Crippen LogP contribution >= 0.6 is 24.0 Å². The zero-order valence-electron chi connectivity index (χ0n) is 13.5. The quantitative estimate of drug-likeness (QED) is 0.415. The van der Waals surface area contributed by atoms with Crippen molar-refractivity contribution in [2.45, 2.75) is 33.7 Å². The van der Waals surface area contributed by atoms with Crippen molar-refractivity contribution in [1.29, 1.82) is 0 Å². The van der Waals surface area contributed by atoms with E-state index in [0.717, 1.165) is 37.8 Å². The number of rotatable bonds is 7. The molecule has 0 radical (unpaired) electrons. The number of hydrogen-bond donors (Lipinski definition) is 2. The normalized spacial score (nSPS) is 11.0. The van der Waals surface area contributed by atoms with Crippen LogP contribution in [0.15, 0.2) is 29.3 Å². The van der Waals surface area contributed by atoms with E-state index < -0.39 is 0 Å². The largest absolute Gasteiger partial charge is 0.494 e. The van der Waals surface area contributed by atoms with Gasteiger partial charge in [0.1, 0.15) is 5.75 Å². The number of benzene rings is 1. The molecule has 0 spiro atoms. The average Bonchev–Trinajstić information content (AvgIpc) is 2.45. The predicted octanol–water partition coefficient (Wildman–Crippen LogP) is 3.41. The monoisotopic (exact) mass is 405 g/mol. The molecule has 0 aliphatic heterocycles. The van der Waals surface area contributed by atoms with Crippen molar-refractivity contribution in [3.05, 3.63) is 29.8 Å². The Morgan fingerprint density at radius 1 is 1.29 bits per heavy atom. The minimum Gasteiger partial charge on any atom is -0.494 e. The molecule has 1 rings (SSSR count). The molecule has 0 unspecified atom stereocenters. The SMILES string of the molecule is CCCOc1cccc(CNC(=NC)NCC(C)C)c1.I. The Labute approximate surface area is 145 Å². The zero-order chi connectivity index (χ0) is 14.8. The fraction of sp³-hybridized carbons (Fsp3) is 0.562. The molecular formula is C16H28IN3O. The standard InChI is InChI=1S/C16H27N3O.HI/c1-5-9-20-15-8-6-7-14(10-15)12-19-16(17-4)18-11-13(2)3;/h6-8,10,13H,5,9,11-12H2,1-4H3,(H2,17,18,19);1H. The van der Waals surface area contributed by atoms with Crippen LogP contribution in [0.5, 0.6) is 5.75 Å². The highest BCUT2D eigenvalue weighted by Gasteiger charge is 2.01. The van der Waals surface area contributed by atoms with Gasteiger partial charge in [-0.1, -0.05) is 32.9 Å². The van der Waals surface area contributed by atoms with Gasteiger partial charge < -0.3 is 15.4 Å². The molecule has 1 aromatic rings. The van der Waals surface area contributed by atoms with Crippen molar-refractivity contribution >= 4 is 29.9 Å². The van der Waals surface area contributed by atoms with Crippen LogP contribution < -0.4 is 15.4 Å². The molecule has 0 aliphatic rings. The third-order valence-corrected chi connectivity index (χ3v) is 2.73. The molecule has 21 heavy (non-hydrogen) atoms. The van der Waals surface area contributed by atoms with Crippen molar-refractivity contribution in [3.8, 4) is 5.75 Å². The van der Waals surface area contributed by atoms with Gasteiger partial charge in [-0.15, -0.1) is 24.0 Å². The first-order valence-corrected chi connectivity index (χ1v) is 7.32. The summed E-state index contributed by atoms with van der Waals surface area (Å²) in [5.41, 5.74) is 1.19. The van der Waals surface area contributed by atoms with E-state index in [-0.39, 0.29) is 24.0 Å². The Balaban J connectivity index is 0.00000400. The van der Waals surface area contributed by atoms with Gasteiger partial charge in [-0.2, -0.15) is 0 Å². The molecule has 0 bridgehead atoms. The molecule has 0 fully saturated rings. The van der Waals surface area contributed by atoms with E-state index in [1.54, 1.807) is 7.05 Å². The highest BCUT2D eigenvalue weighted by molar-refractivity contribution is 14.0. The molecule has 0 aliphatic carbocycles. The van der Waals surface area contributed by atoms with E-state index in [2.05, 4.69) is 48.5 Å². The Morgan fingerprint density at radius 3 is 2.67 bits per heavy atom. The van der Waals surface area contributed by atoms with Gasteiger partial charge in [0.2, 0.25) is 0 Å². The van der Waals surface area contributed by atoms with Crippen LogP contribution in [-0.4, -0.2) is 26.2 Å². The van der Waals surface area contributed by atoms with Crippen molar-refractivity contribution in [3.63, 3.8) is 0 Å². The molecule has 5 heteroatoms. The number of guanidine groups is 1. The first-order valence-electron chi connectivity index (χ1n) is 7.32. The molecule has 0 heterocycles. The fourth-order valence-electron chi connectivity index (χ4n) is 1.67. The van der Waals surface area contributed by atoms with Crippen molar-refractivity contribution in [1.82, 2.24) is 10.6 Å². The second-order valence-electron chi connectivity index (χ2n) is 5.20. The molecule has 0 saturated heterocycles. The Bertz CT molecular complexity index is 422. The van der Waals surface area contributed by atoms with Gasteiger partial charge >= 0.3 is 0 Å². The number of hydrogen-bond acceptors (Lipinski definition) is 2. The Morgan fingerprint density at radius 2 is 2.05 bits per heavy atom. The summed E-state index contributed by atoms with van der Waals surface area (Å²) in [5, 5.41) is 6.60. The molecule has 0 saturated carbocycles. The third-order valence-electron chi connectivity index (χ3n) is 2.73. The van der Waals surface area contributed by atoms with Crippen LogP contribution in [0.25, 0.3) is 0 Å². The number of nitrogens with zero attached hydrogens (tertiary/aromatic N) is 1. The van der Waals surface area contributed by atoms with Crippen molar-refractivity contribution in [2.24, 2.45) is 10.9 Å². The van der Waals surface area contributed by atoms with E-state index >= 15 is 0 Å². The summed E-state index contributed by atoms with van der Waals surface area (Å²) < 4.78 is 5.63. The molecule has 2 N–H and O–H groups in total. The van der Waals surface area contributed by atoms with Crippen LogP contribution in [0.4, 0.5) is 0 Å². The summed E-state index contributed by atoms with van der Waals surface area (Å²) in [7, 11) is 1.79. The topological polar surface area (TPSA) is 45.6 Å². The van der Waals surface area contributed by atoms with Crippen molar-refractivity contribution in [2.75, 3.05) is 20.2 Å². The smallest absolute Gasteiger partial charge is 0.191 e. The summed E-state index contributed by atoms with van der Waals surface area (Å²) in [5.74, 6) is 2.36. The van der Waals surface area contributed by atoms with Crippen LogP contribution in [0.2, 0.25) is 0 Å². The van der Waals surface area contributed by atoms with Gasteiger partial charge in [-0.05, 0) is 30.0 Å². The van der Waals surface area contributed by atoms with E-state index in [9.17, 15) is 0 Å². The Hall–Kier alpha value is -0.980. The molecular weight excluding hydrogens is 377 g/mol. The molecule has 4 nitrogen and oxygen atoms in total. The van der Waals surface area contributed by atoms with E-state index in [0.29, 0.717) is 5.92 Å². The highest BCUT2D eigenvalue weighted by atomic mass is 127. The first-order chi connectivity index (χ1) is 9.65. The minimum absolute atomic E-state index is 0. The lowest BCUT2D eigenvalue weighted by molar-refractivity contribution is 0.317. The maximum absolute atomic E-state index is 5.63. The van der Waals surface area contributed by atoms with E-state index in [4.69, 9.17) is 4.74 Å². The number of ether oxygens (including phenoxy) is 1. The van der Waals surface area contributed by atoms with Crippen LogP contribution in [0, 0.1) is 5.92 Å². The second kappa shape index (κ2) is 11.7. The van der Waals surface area contributed by atoms with Crippen LogP contribution in [0.3, 0.4) is 0 Å². The van der Waals surface area contributed by atoms with Crippen LogP contribution in [0.1, 0.15) is 32.8 Å². The third kappa shape index (κ3) is 8.80. The van der Waals surface area contributed by atoms with E-state index in [1.165, 1.54) is 5.56 Å². The van der Waals surface area contributed by atoms with Gasteiger partial charge in [0, 0.05) is 20.1 Å². The number of halogens is 1. The van der Waals surface area contributed by atoms with Gasteiger partial charge in [-0.25, -0.2) is 0 Å². The summed E-state index contributed by atoms with van der Waals surface area (Å²) >= 11 is 0. The summed E-state index contributed by atoms with van der Waals surface area (Å²) in [6, 6.07) is 8.16. The first kappa shape index (κ1) is 20.0. The average molecular weight is 405 g/mol. The molecule has 0 atom stereocenters. The number of aliphatic imine (C=N–C) groups is 1. The minimum atomic E-state index is 0. The second-order valence-corrected chi connectivity index (χ2v) is 5.20. The predicted molar refractivity (Wildman–Crippen MR) is 101 cm³/mol. The Kier molecular flexibility index (Phi) is 11.1. The fourth-order valence-corrected chi connectivity index (χ4v) is 1.67. The lowest BCUT2D eigenvalue weighted by Crippen LogP contribution is -2.38. The highest BCUT2D eigenvalue weighted by Crippen LogP contribution is 2.13. The maximum atomic E-state index is 5.63. The maximum Gasteiger partial charge on any atom is 0.191 e. The van der Waals surface area contributed by atoms with Crippen LogP contribution in [-0.2, 0) is 6.54 Å². The van der Waals surface area contributed by atoms with E-state index in [1.807, 2.05) is 12.1 Å². The van der Waals surface area contributed by atoms with Gasteiger partial charge in [0.05, 0.1) is 6.61 Å². The van der Waals surface area contributed by atoms with Gasteiger partial charge in [-0.3, -0.25) is 4.99 Å². The van der Waals surface area contributed by atoms with Crippen molar-refractivity contribution < 1.29 is 4.74 Å². The number of nitrogens with one attached hydrogen (secondary N) is 2. The van der Waals surface area contributed by atoms with Gasteiger partial charge in [0.15, 0.2) is 5.96 Å². The molecule has 1 aromatic carbocycles. The van der Waals surface area contributed by atoms with Gasteiger partial charge in [0.25, 0.3) is 0 Å². The summed E-state index contributed by atoms with van der Waals surface area (Å²) in [4.78, 5) is 4.21. The molecule has 0 aromatic heterocycles.